The van der Waals surface area contributed by atoms with Crippen LogP contribution >= 0.6 is 0 Å². The third-order valence-corrected chi connectivity index (χ3v) is 3.94. The highest BCUT2D eigenvalue weighted by atomic mass is 32.2. The van der Waals surface area contributed by atoms with E-state index in [-0.39, 0.29) is 0 Å². The molecule has 17 heavy (non-hydrogen) atoms. The summed E-state index contributed by atoms with van der Waals surface area (Å²) >= 11 is 0. The number of carbonyl (C=O) groups excluding carboxylic acids is 1. The molecule has 1 rings (SSSR count). The zero-order valence-electron chi connectivity index (χ0n) is 9.40. The van der Waals surface area contributed by atoms with Crippen molar-refractivity contribution >= 4 is 15.9 Å². The van der Waals surface area contributed by atoms with Crippen LogP contribution in [0.25, 0.3) is 0 Å². The summed E-state index contributed by atoms with van der Waals surface area (Å²) in [5.41, 5.74) is 0. The van der Waals surface area contributed by atoms with Gasteiger partial charge in [0.2, 0.25) is 5.91 Å². The van der Waals surface area contributed by atoms with Crippen LogP contribution in [0.1, 0.15) is 0 Å². The molecule has 0 spiro atoms. The second-order valence-corrected chi connectivity index (χ2v) is 5.70. The first-order valence-electron chi connectivity index (χ1n) is 5.07. The lowest BCUT2D eigenvalue weighted by molar-refractivity contribution is -0.131. The van der Waals surface area contributed by atoms with Crippen molar-refractivity contribution in [2.24, 2.45) is 0 Å². The number of hydrogen-bond acceptors (Lipinski definition) is 4. The summed E-state index contributed by atoms with van der Waals surface area (Å²) in [6.07, 6.45) is 0. The van der Waals surface area contributed by atoms with Crippen LogP contribution in [0.5, 0.6) is 0 Å². The van der Waals surface area contributed by atoms with Gasteiger partial charge in [0.25, 0.3) is 10.0 Å². The van der Waals surface area contributed by atoms with Gasteiger partial charge in [-0.2, -0.15) is 13.1 Å². The maximum atomic E-state index is 12.2. The zero-order chi connectivity index (χ0) is 13.1. The van der Waals surface area contributed by atoms with Crippen LogP contribution in [0.3, 0.4) is 0 Å². The molecule has 9 heteroatoms. The average Bonchev–Trinajstić information content (AvgIpc) is 2.29. The molecule has 0 bridgehead atoms. The molecule has 1 amide bonds. The third kappa shape index (κ3) is 3.58. The number of hydrogen-bond donors (Lipinski definition) is 1. The van der Waals surface area contributed by atoms with Crippen molar-refractivity contribution in [1.29, 1.82) is 0 Å². The largest absolute Gasteiger partial charge is 0.350 e. The van der Waals surface area contributed by atoms with Crippen molar-refractivity contribution in [3.63, 3.8) is 0 Å². The van der Waals surface area contributed by atoms with Crippen molar-refractivity contribution in [1.82, 2.24) is 14.5 Å². The van der Waals surface area contributed by atoms with E-state index in [0.717, 1.165) is 7.05 Å². The second kappa shape index (κ2) is 5.69. The Bertz CT molecular complexity index is 368. The number of halogens is 2. The lowest BCUT2D eigenvalue weighted by Crippen LogP contribution is -2.50. The van der Waals surface area contributed by atoms with E-state index in [4.69, 9.17) is 0 Å². The molecule has 0 aromatic carbocycles. The molecule has 0 aromatic rings. The van der Waals surface area contributed by atoms with Gasteiger partial charge in [-0.1, -0.05) is 0 Å². The van der Waals surface area contributed by atoms with E-state index >= 15 is 0 Å². The van der Waals surface area contributed by atoms with Crippen LogP contribution in [0.15, 0.2) is 0 Å². The number of amides is 1. The predicted molar refractivity (Wildman–Crippen MR) is 57.0 cm³/mol. The summed E-state index contributed by atoms with van der Waals surface area (Å²) in [6.45, 7) is 1.61. The van der Waals surface area contributed by atoms with E-state index in [9.17, 15) is 22.0 Å². The van der Waals surface area contributed by atoms with Crippen molar-refractivity contribution in [3.05, 3.63) is 0 Å². The Labute approximate surface area is 98.6 Å². The Balaban J connectivity index is 2.56. The summed E-state index contributed by atoms with van der Waals surface area (Å²) in [6, 6.07) is 0. The van der Waals surface area contributed by atoms with Gasteiger partial charge in [-0.25, -0.2) is 8.42 Å². The van der Waals surface area contributed by atoms with Crippen LogP contribution in [0.4, 0.5) is 8.78 Å². The van der Waals surface area contributed by atoms with E-state index in [1.54, 1.807) is 0 Å². The molecule has 0 saturated carbocycles. The van der Waals surface area contributed by atoms with Gasteiger partial charge in [-0.15, -0.1) is 0 Å². The van der Waals surface area contributed by atoms with Crippen molar-refractivity contribution in [2.45, 2.75) is 5.76 Å². The molecule has 1 N–H and O–H groups in total. The molecule has 100 valence electrons. The third-order valence-electron chi connectivity index (χ3n) is 2.49. The molecule has 1 aliphatic rings. The lowest BCUT2D eigenvalue weighted by Gasteiger charge is -2.28. The second-order valence-electron chi connectivity index (χ2n) is 3.69. The van der Waals surface area contributed by atoms with Crippen LogP contribution in [-0.2, 0) is 14.8 Å². The standard InChI is InChI=1S/C8H15F2N3O3S/c1-12(17(15,16)8(9)10)6-7(14)13-4-2-11-3-5-13/h8,11H,2-6H2,1H3. The van der Waals surface area contributed by atoms with E-state index < -0.39 is 28.2 Å². The van der Waals surface area contributed by atoms with Crippen LogP contribution < -0.4 is 5.32 Å². The van der Waals surface area contributed by atoms with Gasteiger partial charge in [0.1, 0.15) is 0 Å². The minimum Gasteiger partial charge on any atom is -0.339 e. The zero-order valence-corrected chi connectivity index (χ0v) is 10.2. The van der Waals surface area contributed by atoms with Gasteiger partial charge in [0, 0.05) is 33.2 Å². The maximum absolute atomic E-state index is 12.2. The highest BCUT2D eigenvalue weighted by Gasteiger charge is 2.31. The number of nitrogens with one attached hydrogen (secondary N) is 1. The molecule has 6 nitrogen and oxygen atoms in total. The highest BCUT2D eigenvalue weighted by molar-refractivity contribution is 7.89. The Morgan fingerprint density at radius 3 is 2.41 bits per heavy atom. The molecule has 0 aromatic heterocycles. The lowest BCUT2D eigenvalue weighted by atomic mass is 10.3. The summed E-state index contributed by atoms with van der Waals surface area (Å²) < 4.78 is 46.9. The first-order valence-corrected chi connectivity index (χ1v) is 6.58. The number of nitrogens with zero attached hydrogens (tertiary/aromatic N) is 2. The quantitative estimate of drug-likeness (QED) is 0.705. The Kier molecular flexibility index (Phi) is 4.78. The molecule has 0 atom stereocenters. The van der Waals surface area contributed by atoms with Crippen molar-refractivity contribution in [3.8, 4) is 0 Å². The molecular weight excluding hydrogens is 256 g/mol. The molecule has 1 heterocycles. The van der Waals surface area contributed by atoms with Crippen LogP contribution in [0, 0.1) is 0 Å². The Morgan fingerprint density at radius 1 is 1.41 bits per heavy atom. The number of sulfonamides is 1. The maximum Gasteiger partial charge on any atom is 0.350 e. The fourth-order valence-electron chi connectivity index (χ4n) is 1.43. The topological polar surface area (TPSA) is 69.7 Å². The van der Waals surface area contributed by atoms with E-state index in [2.05, 4.69) is 5.32 Å². The number of carbonyl (C=O) groups is 1. The van der Waals surface area contributed by atoms with Crippen molar-refractivity contribution < 1.29 is 22.0 Å². The van der Waals surface area contributed by atoms with E-state index in [1.807, 2.05) is 0 Å². The molecule has 0 radical (unpaired) electrons. The number of alkyl halides is 2. The molecule has 1 aliphatic heterocycles. The van der Waals surface area contributed by atoms with Gasteiger partial charge in [0.15, 0.2) is 0 Å². The molecule has 1 saturated heterocycles. The SMILES string of the molecule is CN(CC(=O)N1CCNCC1)S(=O)(=O)C(F)F. The van der Waals surface area contributed by atoms with Gasteiger partial charge >= 0.3 is 5.76 Å². The minimum atomic E-state index is -4.67. The number of piperazine rings is 1. The van der Waals surface area contributed by atoms with Gasteiger partial charge < -0.3 is 10.2 Å². The number of rotatable bonds is 4. The smallest absolute Gasteiger partial charge is 0.339 e. The van der Waals surface area contributed by atoms with Crippen LogP contribution in [0.2, 0.25) is 0 Å². The summed E-state index contributed by atoms with van der Waals surface area (Å²) in [5, 5.41) is 3.03. The highest BCUT2D eigenvalue weighted by Crippen LogP contribution is 2.10. The fraction of sp³-hybridized carbons (Fsp3) is 0.875. The van der Waals surface area contributed by atoms with Gasteiger partial charge in [0.05, 0.1) is 6.54 Å². The van der Waals surface area contributed by atoms with Crippen LogP contribution in [-0.4, -0.2) is 69.1 Å². The molecule has 0 unspecified atom stereocenters. The molecule has 1 fully saturated rings. The van der Waals surface area contributed by atoms with E-state index in [1.165, 1.54) is 4.90 Å². The Hall–Kier alpha value is -0.800. The summed E-state index contributed by atoms with van der Waals surface area (Å²) in [5.74, 6) is -3.96. The monoisotopic (exact) mass is 271 g/mol. The Morgan fingerprint density at radius 2 is 1.94 bits per heavy atom. The van der Waals surface area contributed by atoms with Gasteiger partial charge in [-0.3, -0.25) is 4.79 Å². The summed E-state index contributed by atoms with van der Waals surface area (Å²) in [4.78, 5) is 13.1. The predicted octanol–water partition coefficient (Wildman–Crippen LogP) is -1.10. The van der Waals surface area contributed by atoms with Gasteiger partial charge in [-0.05, 0) is 0 Å². The minimum absolute atomic E-state index is 0.391. The molecule has 0 aliphatic carbocycles. The average molecular weight is 271 g/mol. The normalized spacial score (nSPS) is 17.8. The molecular formula is C8H15F2N3O3S. The first-order chi connectivity index (χ1) is 7.85. The fourth-order valence-corrected chi connectivity index (χ4v) is 1.99. The van der Waals surface area contributed by atoms with Crippen molar-refractivity contribution in [2.75, 3.05) is 39.8 Å². The number of likely N-dealkylation sites (N-methyl/N-ethyl adjacent to an activating group) is 1. The first kappa shape index (κ1) is 14.3. The summed E-state index contributed by atoms with van der Waals surface area (Å²) in [7, 11) is -3.70. The van der Waals surface area contributed by atoms with E-state index in [0.29, 0.717) is 30.5 Å².